The van der Waals surface area contributed by atoms with E-state index in [9.17, 15) is 4.79 Å². The molecule has 1 aliphatic heterocycles. The third kappa shape index (κ3) is 2.53. The van der Waals surface area contributed by atoms with Crippen molar-refractivity contribution in [1.82, 2.24) is 4.90 Å². The number of hydrogen-bond acceptors (Lipinski definition) is 4. The lowest BCUT2D eigenvalue weighted by Crippen LogP contribution is -2.46. The van der Waals surface area contributed by atoms with Gasteiger partial charge in [-0.1, -0.05) is 32.0 Å². The minimum absolute atomic E-state index is 0.0547. The highest BCUT2D eigenvalue weighted by Crippen LogP contribution is 2.40. The number of benzene rings is 2. The molecule has 0 bridgehead atoms. The molecule has 4 nitrogen and oxygen atoms in total. The van der Waals surface area contributed by atoms with Gasteiger partial charge in [0.1, 0.15) is 0 Å². The van der Waals surface area contributed by atoms with Crippen LogP contribution >= 0.6 is 0 Å². The molecule has 1 unspecified atom stereocenters. The summed E-state index contributed by atoms with van der Waals surface area (Å²) in [5, 5.41) is 2.19. The Morgan fingerprint density at radius 2 is 1.96 bits per heavy atom. The van der Waals surface area contributed by atoms with Crippen molar-refractivity contribution in [2.45, 2.75) is 33.9 Å². The molecule has 0 saturated carbocycles. The number of aliphatic imine (C=N–C) groups is 1. The molecule has 0 N–H and O–H groups in total. The predicted octanol–water partition coefficient (Wildman–Crippen LogP) is 4.21. The van der Waals surface area contributed by atoms with Gasteiger partial charge in [0.15, 0.2) is 5.78 Å². The van der Waals surface area contributed by atoms with Gasteiger partial charge in [0.2, 0.25) is 0 Å². The van der Waals surface area contributed by atoms with Crippen molar-refractivity contribution in [3.05, 3.63) is 35.9 Å². The molecular weight excluding hydrogens is 286 g/mol. The molecule has 0 aromatic heterocycles. The number of anilines is 1. The maximum absolute atomic E-state index is 11.9. The van der Waals surface area contributed by atoms with E-state index in [2.05, 4.69) is 53.8 Å². The lowest BCUT2D eigenvalue weighted by Gasteiger charge is -2.37. The zero-order chi connectivity index (χ0) is 16.6. The summed E-state index contributed by atoms with van der Waals surface area (Å²) < 4.78 is 0. The van der Waals surface area contributed by atoms with Gasteiger partial charge >= 0.3 is 0 Å². The lowest BCUT2D eigenvalue weighted by molar-refractivity contribution is 0.101. The van der Waals surface area contributed by atoms with Crippen molar-refractivity contribution in [3.8, 4) is 0 Å². The molecule has 23 heavy (non-hydrogen) atoms. The largest absolute Gasteiger partial charge is 0.316 e. The third-order valence-corrected chi connectivity index (χ3v) is 4.71. The van der Waals surface area contributed by atoms with Crippen molar-refractivity contribution < 1.29 is 4.79 Å². The van der Waals surface area contributed by atoms with Crippen molar-refractivity contribution in [3.63, 3.8) is 0 Å². The second kappa shape index (κ2) is 6.13. The monoisotopic (exact) mass is 309 g/mol. The van der Waals surface area contributed by atoms with Gasteiger partial charge in [0, 0.05) is 10.9 Å². The van der Waals surface area contributed by atoms with Crippen molar-refractivity contribution in [2.24, 2.45) is 4.99 Å². The van der Waals surface area contributed by atoms with Gasteiger partial charge in [-0.2, -0.15) is 0 Å². The van der Waals surface area contributed by atoms with Gasteiger partial charge in [-0.15, -0.1) is 0 Å². The summed E-state index contributed by atoms with van der Waals surface area (Å²) in [7, 11) is 0. The zero-order valence-electron chi connectivity index (χ0n) is 14.2. The zero-order valence-corrected chi connectivity index (χ0v) is 14.2. The van der Waals surface area contributed by atoms with E-state index in [1.807, 2.05) is 18.5 Å². The van der Waals surface area contributed by atoms with Crippen LogP contribution in [-0.2, 0) is 0 Å². The first kappa shape index (κ1) is 15.7. The van der Waals surface area contributed by atoms with E-state index in [1.54, 1.807) is 6.92 Å². The summed E-state index contributed by atoms with van der Waals surface area (Å²) in [5.41, 5.74) is 2.61. The Bertz CT molecular complexity index is 778. The van der Waals surface area contributed by atoms with E-state index in [4.69, 9.17) is 0 Å². The Kier molecular flexibility index (Phi) is 4.18. The highest BCUT2D eigenvalue weighted by atomic mass is 16.1. The van der Waals surface area contributed by atoms with Crippen LogP contribution in [0.2, 0.25) is 0 Å². The lowest BCUT2D eigenvalue weighted by atomic mass is 9.99. The minimum Gasteiger partial charge on any atom is -0.316 e. The standard InChI is InChI=1S/C19H23N3O/c1-5-21(6-2)14(4)22-12-20-19-16(13(3)23)11-10-15-8-7-9-17(22)18(15)19/h7-12,14H,5-6H2,1-4H3. The van der Waals surface area contributed by atoms with Gasteiger partial charge in [-0.05, 0) is 44.5 Å². The number of nitrogens with zero attached hydrogens (tertiary/aromatic N) is 3. The molecule has 0 spiro atoms. The van der Waals surface area contributed by atoms with Crippen LogP contribution in [-0.4, -0.2) is 36.3 Å². The molecule has 0 amide bonds. The van der Waals surface area contributed by atoms with Crippen LogP contribution < -0.4 is 4.90 Å². The summed E-state index contributed by atoms with van der Waals surface area (Å²) >= 11 is 0. The molecule has 0 aliphatic carbocycles. The van der Waals surface area contributed by atoms with E-state index >= 15 is 0 Å². The number of hydrogen-bond donors (Lipinski definition) is 0. The molecule has 120 valence electrons. The van der Waals surface area contributed by atoms with Crippen LogP contribution in [0.3, 0.4) is 0 Å². The fourth-order valence-electron chi connectivity index (χ4n) is 3.38. The van der Waals surface area contributed by atoms with Crippen molar-refractivity contribution in [2.75, 3.05) is 18.0 Å². The first-order chi connectivity index (χ1) is 11.1. The van der Waals surface area contributed by atoms with Crippen LogP contribution in [0.4, 0.5) is 11.4 Å². The smallest absolute Gasteiger partial charge is 0.161 e. The second-order valence-corrected chi connectivity index (χ2v) is 5.90. The van der Waals surface area contributed by atoms with Gasteiger partial charge in [0.25, 0.3) is 0 Å². The third-order valence-electron chi connectivity index (χ3n) is 4.71. The SMILES string of the molecule is CCN(CC)C(C)N1C=Nc2c(C(C)=O)ccc3cccc1c23. The van der Waals surface area contributed by atoms with Gasteiger partial charge in [-0.25, -0.2) is 4.99 Å². The Balaban J connectivity index is 2.18. The molecule has 4 heteroatoms. The summed E-state index contributed by atoms with van der Waals surface area (Å²) in [5.74, 6) is 0.0547. The van der Waals surface area contributed by atoms with E-state index in [-0.39, 0.29) is 11.9 Å². The van der Waals surface area contributed by atoms with E-state index in [0.717, 1.165) is 35.2 Å². The summed E-state index contributed by atoms with van der Waals surface area (Å²) in [6.07, 6.45) is 2.08. The number of carbonyl (C=O) groups excluding carboxylic acids is 1. The average Bonchev–Trinajstić information content (AvgIpc) is 2.56. The average molecular weight is 309 g/mol. The number of Topliss-reactive ketones (excluding diaryl/α,β-unsaturated/α-hetero) is 1. The van der Waals surface area contributed by atoms with Crippen LogP contribution in [0, 0.1) is 0 Å². The van der Waals surface area contributed by atoms with Crippen LogP contribution in [0.15, 0.2) is 35.3 Å². The van der Waals surface area contributed by atoms with Crippen LogP contribution in [0.5, 0.6) is 0 Å². The van der Waals surface area contributed by atoms with Gasteiger partial charge in [-0.3, -0.25) is 9.69 Å². The maximum Gasteiger partial charge on any atom is 0.161 e. The van der Waals surface area contributed by atoms with E-state index in [0.29, 0.717) is 5.56 Å². The fraction of sp³-hybridized carbons (Fsp3) is 0.368. The normalized spacial score (nSPS) is 14.6. The van der Waals surface area contributed by atoms with E-state index in [1.165, 1.54) is 0 Å². The van der Waals surface area contributed by atoms with Gasteiger partial charge < -0.3 is 4.90 Å². The molecule has 0 fully saturated rings. The summed E-state index contributed by atoms with van der Waals surface area (Å²) in [6, 6.07) is 10.1. The first-order valence-corrected chi connectivity index (χ1v) is 8.21. The quantitative estimate of drug-likeness (QED) is 0.776. The fourth-order valence-corrected chi connectivity index (χ4v) is 3.38. The molecular formula is C19H23N3O. The van der Waals surface area contributed by atoms with Gasteiger partial charge in [0.05, 0.1) is 23.9 Å². The Labute approximate surface area is 137 Å². The maximum atomic E-state index is 11.9. The Hall–Kier alpha value is -2.20. The first-order valence-electron chi connectivity index (χ1n) is 8.21. The molecule has 1 heterocycles. The summed E-state index contributed by atoms with van der Waals surface area (Å²) in [6.45, 7) is 10.1. The summed E-state index contributed by atoms with van der Waals surface area (Å²) in [4.78, 5) is 21.1. The predicted molar refractivity (Wildman–Crippen MR) is 97.0 cm³/mol. The molecule has 2 aromatic rings. The highest BCUT2D eigenvalue weighted by Gasteiger charge is 2.25. The molecule has 0 radical (unpaired) electrons. The molecule has 1 aliphatic rings. The van der Waals surface area contributed by atoms with Crippen molar-refractivity contribution in [1.29, 1.82) is 0 Å². The minimum atomic E-state index is 0.0547. The molecule has 3 rings (SSSR count). The topological polar surface area (TPSA) is 35.9 Å². The Morgan fingerprint density at radius 1 is 1.22 bits per heavy atom. The highest BCUT2D eigenvalue weighted by molar-refractivity contribution is 6.15. The second-order valence-electron chi connectivity index (χ2n) is 5.90. The van der Waals surface area contributed by atoms with E-state index < -0.39 is 0 Å². The number of ketones is 1. The number of carbonyl (C=O) groups is 1. The molecule has 1 atom stereocenters. The Morgan fingerprint density at radius 3 is 2.61 bits per heavy atom. The number of rotatable bonds is 5. The van der Waals surface area contributed by atoms with Crippen LogP contribution in [0.1, 0.15) is 38.1 Å². The van der Waals surface area contributed by atoms with Crippen molar-refractivity contribution >= 4 is 34.3 Å². The molecule has 0 saturated heterocycles. The molecule has 2 aromatic carbocycles. The van der Waals surface area contributed by atoms with Crippen LogP contribution in [0.25, 0.3) is 10.8 Å².